The van der Waals surface area contributed by atoms with Gasteiger partial charge in [0, 0.05) is 6.42 Å². The van der Waals surface area contributed by atoms with Crippen molar-refractivity contribution in [2.45, 2.75) is 225 Å². The summed E-state index contributed by atoms with van der Waals surface area (Å²) in [6, 6.07) is -0.526. The molecule has 0 saturated heterocycles. The van der Waals surface area contributed by atoms with Gasteiger partial charge in [-0.2, -0.15) is 0 Å². The zero-order valence-electron chi connectivity index (χ0n) is 28.1. The number of hydrogen-bond acceptors (Lipinski definition) is 3. The van der Waals surface area contributed by atoms with Gasteiger partial charge in [-0.3, -0.25) is 4.79 Å². The minimum atomic E-state index is -0.650. The number of amides is 1. The van der Waals surface area contributed by atoms with Crippen molar-refractivity contribution in [1.29, 1.82) is 0 Å². The molecule has 0 aliphatic carbocycles. The Bertz CT molecular complexity index is 512. The van der Waals surface area contributed by atoms with Crippen LogP contribution in [0.15, 0.2) is 0 Å². The third kappa shape index (κ3) is 30.6. The largest absolute Gasteiger partial charge is 0.394 e. The van der Waals surface area contributed by atoms with Gasteiger partial charge in [0.1, 0.15) is 0 Å². The quantitative estimate of drug-likeness (QED) is 0.0662. The van der Waals surface area contributed by atoms with Crippen molar-refractivity contribution in [3.05, 3.63) is 0 Å². The van der Waals surface area contributed by atoms with Crippen molar-refractivity contribution in [2.75, 3.05) is 6.61 Å². The summed E-state index contributed by atoms with van der Waals surface area (Å²) >= 11 is 0. The normalized spacial score (nSPS) is 13.0. The van der Waals surface area contributed by atoms with Crippen molar-refractivity contribution in [3.8, 4) is 0 Å². The van der Waals surface area contributed by atoms with Gasteiger partial charge in [-0.1, -0.05) is 194 Å². The summed E-state index contributed by atoms with van der Waals surface area (Å²) in [7, 11) is 0. The molecule has 3 N–H and O–H groups in total. The Labute approximate surface area is 257 Å². The Morgan fingerprint density at radius 2 is 0.780 bits per heavy atom. The Hall–Kier alpha value is -0.610. The first kappa shape index (κ1) is 40.4. The van der Waals surface area contributed by atoms with Crippen LogP contribution in [0.1, 0.15) is 213 Å². The summed E-state index contributed by atoms with van der Waals surface area (Å²) in [6.45, 7) is 4.34. The van der Waals surface area contributed by atoms with Gasteiger partial charge in [0.25, 0.3) is 0 Å². The second-order valence-electron chi connectivity index (χ2n) is 13.0. The average molecular weight is 582 g/mol. The van der Waals surface area contributed by atoms with Crippen molar-refractivity contribution in [2.24, 2.45) is 0 Å². The van der Waals surface area contributed by atoms with E-state index < -0.39 is 12.1 Å². The van der Waals surface area contributed by atoms with Gasteiger partial charge in [-0.05, 0) is 12.8 Å². The molecule has 4 heteroatoms. The number of hydrogen-bond donors (Lipinski definition) is 3. The van der Waals surface area contributed by atoms with Crippen LogP contribution >= 0.6 is 0 Å². The minimum absolute atomic E-state index is 0.0300. The molecule has 0 saturated carbocycles. The van der Waals surface area contributed by atoms with Crippen LogP contribution in [0, 0.1) is 0 Å². The SMILES string of the molecule is CCCCCCCCCCCCCCCCCCCCCCC(=O)N[C@@H](CO)[C@H](O)CCCCCCCCCCC. The molecule has 0 heterocycles. The maximum absolute atomic E-state index is 12.3. The van der Waals surface area contributed by atoms with Crippen LogP contribution in [-0.4, -0.2) is 34.9 Å². The molecule has 41 heavy (non-hydrogen) atoms. The summed E-state index contributed by atoms with van der Waals surface area (Å²) in [5.74, 6) is -0.0300. The standard InChI is InChI=1S/C37H75NO3/c1-3-5-7-9-11-13-14-15-16-17-18-19-20-21-22-23-25-27-29-31-33-37(41)38-35(34-39)36(40)32-30-28-26-24-12-10-8-6-4-2/h35-36,39-40H,3-34H2,1-2H3,(H,38,41)/t35-,36+/m0/s1. The molecule has 0 fully saturated rings. The molecule has 0 aromatic carbocycles. The van der Waals surface area contributed by atoms with Gasteiger partial charge >= 0.3 is 0 Å². The lowest BCUT2D eigenvalue weighted by molar-refractivity contribution is -0.123. The zero-order chi connectivity index (χ0) is 30.1. The van der Waals surface area contributed by atoms with Crippen molar-refractivity contribution in [1.82, 2.24) is 5.32 Å². The van der Waals surface area contributed by atoms with Gasteiger partial charge in [0.05, 0.1) is 18.8 Å². The minimum Gasteiger partial charge on any atom is -0.394 e. The summed E-state index contributed by atoms with van der Waals surface area (Å²) in [6.07, 6.45) is 38.8. The van der Waals surface area contributed by atoms with E-state index in [-0.39, 0.29) is 12.5 Å². The smallest absolute Gasteiger partial charge is 0.220 e. The van der Waals surface area contributed by atoms with E-state index in [0.717, 1.165) is 25.7 Å². The summed E-state index contributed by atoms with van der Waals surface area (Å²) in [5, 5.41) is 22.9. The number of carbonyl (C=O) groups excluding carboxylic acids is 1. The third-order valence-electron chi connectivity index (χ3n) is 8.87. The summed E-state index contributed by atoms with van der Waals surface area (Å²) in [4.78, 5) is 12.3. The number of unbranched alkanes of at least 4 members (excludes halogenated alkanes) is 27. The molecule has 0 bridgehead atoms. The van der Waals surface area contributed by atoms with Gasteiger partial charge < -0.3 is 15.5 Å². The van der Waals surface area contributed by atoms with Crippen LogP contribution < -0.4 is 5.32 Å². The Balaban J connectivity index is 3.45. The average Bonchev–Trinajstić information content (AvgIpc) is 2.97. The lowest BCUT2D eigenvalue weighted by Crippen LogP contribution is -2.45. The van der Waals surface area contributed by atoms with E-state index in [4.69, 9.17) is 0 Å². The maximum atomic E-state index is 12.3. The third-order valence-corrected chi connectivity index (χ3v) is 8.87. The molecular weight excluding hydrogens is 506 g/mol. The second kappa shape index (κ2) is 33.9. The predicted molar refractivity (Wildman–Crippen MR) is 179 cm³/mol. The number of carbonyl (C=O) groups is 1. The lowest BCUT2D eigenvalue weighted by Gasteiger charge is -2.22. The van der Waals surface area contributed by atoms with E-state index in [1.807, 2.05) is 0 Å². The zero-order valence-corrected chi connectivity index (χ0v) is 28.1. The van der Waals surface area contributed by atoms with Crippen LogP contribution in [0.2, 0.25) is 0 Å². The Morgan fingerprint density at radius 1 is 0.488 bits per heavy atom. The highest BCUT2D eigenvalue weighted by Gasteiger charge is 2.19. The van der Waals surface area contributed by atoms with E-state index in [1.54, 1.807) is 0 Å². The van der Waals surface area contributed by atoms with Crippen LogP contribution in [-0.2, 0) is 4.79 Å². The first-order valence-electron chi connectivity index (χ1n) is 18.7. The number of nitrogens with one attached hydrogen (secondary N) is 1. The number of aliphatic hydroxyl groups is 2. The Morgan fingerprint density at radius 3 is 1.10 bits per heavy atom. The van der Waals surface area contributed by atoms with E-state index in [9.17, 15) is 15.0 Å². The molecule has 1 amide bonds. The predicted octanol–water partition coefficient (Wildman–Crippen LogP) is 11.0. The van der Waals surface area contributed by atoms with E-state index in [0.29, 0.717) is 12.8 Å². The van der Waals surface area contributed by atoms with E-state index in [1.165, 1.54) is 161 Å². The van der Waals surface area contributed by atoms with Gasteiger partial charge in [-0.25, -0.2) is 0 Å². The molecule has 0 rings (SSSR count). The van der Waals surface area contributed by atoms with Crippen molar-refractivity contribution >= 4 is 5.91 Å². The maximum Gasteiger partial charge on any atom is 0.220 e. The van der Waals surface area contributed by atoms with E-state index in [2.05, 4.69) is 19.2 Å². The van der Waals surface area contributed by atoms with Crippen LogP contribution in [0.5, 0.6) is 0 Å². The van der Waals surface area contributed by atoms with Crippen LogP contribution in [0.25, 0.3) is 0 Å². The van der Waals surface area contributed by atoms with Gasteiger partial charge in [-0.15, -0.1) is 0 Å². The molecule has 0 aliphatic rings. The molecule has 2 atom stereocenters. The monoisotopic (exact) mass is 582 g/mol. The van der Waals surface area contributed by atoms with Gasteiger partial charge in [0.2, 0.25) is 5.91 Å². The fourth-order valence-corrected chi connectivity index (χ4v) is 5.95. The molecule has 0 aromatic rings. The summed E-state index contributed by atoms with van der Waals surface area (Å²) in [5.41, 5.74) is 0. The highest BCUT2D eigenvalue weighted by molar-refractivity contribution is 5.76. The Kier molecular flexibility index (Phi) is 33.4. The molecule has 0 spiro atoms. The summed E-state index contributed by atoms with van der Waals surface area (Å²) < 4.78 is 0. The fourth-order valence-electron chi connectivity index (χ4n) is 5.95. The number of aliphatic hydroxyl groups excluding tert-OH is 2. The first-order valence-corrected chi connectivity index (χ1v) is 18.7. The first-order chi connectivity index (χ1) is 20.2. The van der Waals surface area contributed by atoms with E-state index >= 15 is 0 Å². The highest BCUT2D eigenvalue weighted by Crippen LogP contribution is 2.16. The highest BCUT2D eigenvalue weighted by atomic mass is 16.3. The van der Waals surface area contributed by atoms with Crippen LogP contribution in [0.4, 0.5) is 0 Å². The molecule has 0 aromatic heterocycles. The molecule has 246 valence electrons. The molecular formula is C37H75NO3. The van der Waals surface area contributed by atoms with Gasteiger partial charge in [0.15, 0.2) is 0 Å². The number of rotatable bonds is 34. The molecule has 0 aliphatic heterocycles. The van der Waals surface area contributed by atoms with Crippen molar-refractivity contribution < 1.29 is 15.0 Å². The fraction of sp³-hybridized carbons (Fsp3) is 0.973. The molecule has 0 radical (unpaired) electrons. The lowest BCUT2D eigenvalue weighted by atomic mass is 10.0. The molecule has 0 unspecified atom stereocenters. The second-order valence-corrected chi connectivity index (χ2v) is 13.0. The topological polar surface area (TPSA) is 69.6 Å². The molecule has 4 nitrogen and oxygen atoms in total. The van der Waals surface area contributed by atoms with Crippen molar-refractivity contribution in [3.63, 3.8) is 0 Å². The van der Waals surface area contributed by atoms with Crippen LogP contribution in [0.3, 0.4) is 0 Å².